The molecule has 0 aliphatic carbocycles. The van der Waals surface area contributed by atoms with Gasteiger partial charge < -0.3 is 4.74 Å². The third-order valence-corrected chi connectivity index (χ3v) is 2.69. The topological polar surface area (TPSA) is 43.4 Å². The minimum Gasteiger partial charge on any atom is -0.469 e. The molecule has 17 heavy (non-hydrogen) atoms. The van der Waals surface area contributed by atoms with Gasteiger partial charge in [-0.3, -0.25) is 9.59 Å². The monoisotopic (exact) mass is 240 g/mol. The summed E-state index contributed by atoms with van der Waals surface area (Å²) in [5.74, 6) is 0.198. The minimum atomic E-state index is -0.135. The second-order valence-corrected chi connectivity index (χ2v) is 4.21. The van der Waals surface area contributed by atoms with Crippen LogP contribution in [0.25, 0.3) is 0 Å². The molecule has 0 rings (SSSR count). The Morgan fingerprint density at radius 2 is 1.59 bits per heavy atom. The van der Waals surface area contributed by atoms with Crippen LogP contribution < -0.4 is 0 Å². The molecule has 0 aliphatic heterocycles. The molecule has 0 unspecified atom stereocenters. The van der Waals surface area contributed by atoms with Crippen molar-refractivity contribution in [3.8, 4) is 0 Å². The van der Waals surface area contributed by atoms with Crippen LogP contribution in [0, 0.1) is 0 Å². The van der Waals surface area contributed by atoms with Gasteiger partial charge in [-0.25, -0.2) is 0 Å². The zero-order chi connectivity index (χ0) is 12.9. The van der Waals surface area contributed by atoms with Gasteiger partial charge in [-0.05, 0) is 19.3 Å². The van der Waals surface area contributed by atoms with Crippen molar-refractivity contribution >= 4 is 11.8 Å². The van der Waals surface area contributed by atoms with Crippen LogP contribution in [0.3, 0.4) is 0 Å². The van der Waals surface area contributed by atoms with Gasteiger partial charge in [-0.1, -0.05) is 25.3 Å². The van der Waals surface area contributed by atoms with Gasteiger partial charge >= 0.3 is 5.97 Å². The van der Waals surface area contributed by atoms with Crippen LogP contribution in [0.4, 0.5) is 0 Å². The van der Waals surface area contributed by atoms with Crippen LogP contribution in [-0.2, 0) is 14.3 Å². The van der Waals surface area contributed by atoms with Crippen LogP contribution in [-0.4, -0.2) is 18.9 Å². The summed E-state index contributed by atoms with van der Waals surface area (Å²) in [6, 6.07) is 0. The van der Waals surface area contributed by atoms with Crippen LogP contribution in [0.1, 0.15) is 57.8 Å². The lowest BCUT2D eigenvalue weighted by Crippen LogP contribution is -1.99. The zero-order valence-electron chi connectivity index (χ0n) is 10.9. The van der Waals surface area contributed by atoms with Crippen molar-refractivity contribution < 1.29 is 14.3 Å². The van der Waals surface area contributed by atoms with Gasteiger partial charge in [0.05, 0.1) is 7.11 Å². The SMILES string of the molecule is C=CCCC(=O)CCCCCCCC(=O)OC. The van der Waals surface area contributed by atoms with E-state index in [1.54, 1.807) is 6.08 Å². The van der Waals surface area contributed by atoms with Crippen molar-refractivity contribution in [1.82, 2.24) is 0 Å². The van der Waals surface area contributed by atoms with Gasteiger partial charge in [0, 0.05) is 19.3 Å². The third-order valence-electron chi connectivity index (χ3n) is 2.69. The fraction of sp³-hybridized carbons (Fsp3) is 0.714. The lowest BCUT2D eigenvalue weighted by Gasteiger charge is -2.01. The Morgan fingerprint density at radius 3 is 2.18 bits per heavy atom. The molecular weight excluding hydrogens is 216 g/mol. The van der Waals surface area contributed by atoms with Crippen molar-refractivity contribution in [1.29, 1.82) is 0 Å². The molecule has 0 spiro atoms. The highest BCUT2D eigenvalue weighted by Gasteiger charge is 2.01. The molecule has 0 aromatic rings. The van der Waals surface area contributed by atoms with E-state index in [1.165, 1.54) is 7.11 Å². The van der Waals surface area contributed by atoms with Gasteiger partial charge in [-0.15, -0.1) is 6.58 Å². The first kappa shape index (κ1) is 15.9. The second kappa shape index (κ2) is 11.4. The number of methoxy groups -OCH3 is 1. The molecule has 0 atom stereocenters. The van der Waals surface area contributed by atoms with E-state index in [2.05, 4.69) is 11.3 Å². The van der Waals surface area contributed by atoms with Crippen LogP contribution in [0.15, 0.2) is 12.7 Å². The van der Waals surface area contributed by atoms with Gasteiger partial charge in [0.25, 0.3) is 0 Å². The van der Waals surface area contributed by atoms with E-state index >= 15 is 0 Å². The number of hydrogen-bond donors (Lipinski definition) is 0. The molecule has 0 saturated heterocycles. The Bertz CT molecular complexity index is 234. The number of Topliss-reactive ketones (excluding diaryl/α,β-unsaturated/α-hetero) is 1. The molecule has 0 aromatic carbocycles. The zero-order valence-corrected chi connectivity index (χ0v) is 10.9. The normalized spacial score (nSPS) is 9.94. The average Bonchev–Trinajstić information content (AvgIpc) is 2.34. The number of ketones is 1. The van der Waals surface area contributed by atoms with Gasteiger partial charge in [0.15, 0.2) is 0 Å². The van der Waals surface area contributed by atoms with E-state index < -0.39 is 0 Å². The molecule has 98 valence electrons. The summed E-state index contributed by atoms with van der Waals surface area (Å²) in [7, 11) is 1.41. The first-order valence-corrected chi connectivity index (χ1v) is 6.40. The Morgan fingerprint density at radius 1 is 1.00 bits per heavy atom. The number of ether oxygens (including phenoxy) is 1. The standard InChI is InChI=1S/C14H24O3/c1-3-4-10-13(15)11-8-6-5-7-9-12-14(16)17-2/h3H,1,4-12H2,2H3. The second-order valence-electron chi connectivity index (χ2n) is 4.21. The van der Waals surface area contributed by atoms with Crippen molar-refractivity contribution in [3.63, 3.8) is 0 Å². The van der Waals surface area contributed by atoms with Crippen molar-refractivity contribution in [3.05, 3.63) is 12.7 Å². The van der Waals surface area contributed by atoms with Gasteiger partial charge in [0.1, 0.15) is 5.78 Å². The van der Waals surface area contributed by atoms with Crippen molar-refractivity contribution in [2.75, 3.05) is 7.11 Å². The number of esters is 1. The number of unbranched alkanes of at least 4 members (excludes halogenated alkanes) is 4. The minimum absolute atomic E-state index is 0.135. The third kappa shape index (κ3) is 11.1. The smallest absolute Gasteiger partial charge is 0.305 e. The fourth-order valence-corrected chi connectivity index (χ4v) is 1.61. The molecule has 0 aromatic heterocycles. The van der Waals surface area contributed by atoms with E-state index in [0.29, 0.717) is 25.0 Å². The highest BCUT2D eigenvalue weighted by atomic mass is 16.5. The van der Waals surface area contributed by atoms with Crippen molar-refractivity contribution in [2.24, 2.45) is 0 Å². The van der Waals surface area contributed by atoms with Crippen LogP contribution in [0.5, 0.6) is 0 Å². The highest BCUT2D eigenvalue weighted by molar-refractivity contribution is 5.78. The summed E-state index contributed by atoms with van der Waals surface area (Å²) < 4.78 is 4.56. The largest absolute Gasteiger partial charge is 0.469 e. The lowest BCUT2D eigenvalue weighted by atomic mass is 10.1. The maximum absolute atomic E-state index is 11.3. The summed E-state index contributed by atoms with van der Waals surface area (Å²) in [6.45, 7) is 3.59. The number of hydrogen-bond acceptors (Lipinski definition) is 3. The molecular formula is C14H24O3. The lowest BCUT2D eigenvalue weighted by molar-refractivity contribution is -0.140. The maximum Gasteiger partial charge on any atom is 0.305 e. The average molecular weight is 240 g/mol. The maximum atomic E-state index is 11.3. The summed E-state index contributed by atoms with van der Waals surface area (Å²) in [5.41, 5.74) is 0. The molecule has 0 amide bonds. The van der Waals surface area contributed by atoms with Crippen LogP contribution >= 0.6 is 0 Å². The quantitative estimate of drug-likeness (QED) is 0.316. The molecule has 0 bridgehead atoms. The first-order chi connectivity index (χ1) is 8.20. The van der Waals surface area contributed by atoms with E-state index in [1.807, 2.05) is 0 Å². The number of carbonyl (C=O) groups excluding carboxylic acids is 2. The Hall–Kier alpha value is -1.12. The summed E-state index contributed by atoms with van der Waals surface area (Å²) >= 11 is 0. The van der Waals surface area contributed by atoms with E-state index in [4.69, 9.17) is 0 Å². The molecule has 0 N–H and O–H groups in total. The van der Waals surface area contributed by atoms with E-state index in [0.717, 1.165) is 38.5 Å². The summed E-state index contributed by atoms with van der Waals surface area (Å²) in [6.07, 6.45) is 9.45. The summed E-state index contributed by atoms with van der Waals surface area (Å²) in [4.78, 5) is 22.1. The molecule has 0 aliphatic rings. The molecule has 0 fully saturated rings. The van der Waals surface area contributed by atoms with E-state index in [-0.39, 0.29) is 5.97 Å². The van der Waals surface area contributed by atoms with Gasteiger partial charge in [-0.2, -0.15) is 0 Å². The van der Waals surface area contributed by atoms with Crippen LogP contribution in [0.2, 0.25) is 0 Å². The number of allylic oxidation sites excluding steroid dienone is 1. The Kier molecular flexibility index (Phi) is 10.6. The fourth-order valence-electron chi connectivity index (χ4n) is 1.61. The van der Waals surface area contributed by atoms with Gasteiger partial charge in [0.2, 0.25) is 0 Å². The molecule has 0 saturated carbocycles. The first-order valence-electron chi connectivity index (χ1n) is 6.40. The summed E-state index contributed by atoms with van der Waals surface area (Å²) in [5, 5.41) is 0. The molecule has 3 nitrogen and oxygen atoms in total. The van der Waals surface area contributed by atoms with E-state index in [9.17, 15) is 9.59 Å². The predicted octanol–water partition coefficient (Wildman–Crippen LogP) is 3.43. The molecule has 0 radical (unpaired) electrons. The Labute approximate surface area is 104 Å². The Balaban J connectivity index is 3.20. The number of rotatable bonds is 11. The predicted molar refractivity (Wildman–Crippen MR) is 68.8 cm³/mol. The highest BCUT2D eigenvalue weighted by Crippen LogP contribution is 2.09. The van der Waals surface area contributed by atoms with Crippen molar-refractivity contribution in [2.45, 2.75) is 57.8 Å². The molecule has 3 heteroatoms. The molecule has 0 heterocycles. The number of carbonyl (C=O) groups is 2.